The molecule has 0 atom stereocenters. The van der Waals surface area contributed by atoms with E-state index < -0.39 is 11.1 Å². The van der Waals surface area contributed by atoms with Crippen molar-refractivity contribution in [2.45, 2.75) is 64.5 Å². The molecule has 192 valence electrons. The Balaban J connectivity index is 1.57. The Morgan fingerprint density at radius 1 is 1.05 bits per heavy atom. The van der Waals surface area contributed by atoms with Crippen molar-refractivity contribution in [3.8, 4) is 28.3 Å². The van der Waals surface area contributed by atoms with Gasteiger partial charge in [0.1, 0.15) is 11.3 Å². The highest BCUT2D eigenvalue weighted by Crippen LogP contribution is 2.43. The van der Waals surface area contributed by atoms with Gasteiger partial charge in [0.2, 0.25) is 0 Å². The molecule has 1 N–H and O–H groups in total. The summed E-state index contributed by atoms with van der Waals surface area (Å²) in [6.45, 7) is 7.71. The van der Waals surface area contributed by atoms with Gasteiger partial charge in [-0.3, -0.25) is 0 Å². The van der Waals surface area contributed by atoms with E-state index in [1.54, 1.807) is 7.11 Å². The highest BCUT2D eigenvalue weighted by Gasteiger charge is 2.41. The van der Waals surface area contributed by atoms with E-state index in [-0.39, 0.29) is 6.09 Å². The number of fused-ring (bicyclic) bond motifs is 1. The Hall–Kier alpha value is -3.87. The van der Waals surface area contributed by atoms with Crippen LogP contribution < -0.4 is 10.1 Å². The standard InChI is InChI=1S/C30H34N4O3/c1-6-23-19-24(36-5)27-31-25(26(34(27)33-23)21-11-8-7-9-12-21)20-13-15-22(16-14-20)30(17-10-18-30)32-28(35)37-29(2,3)4/h7-9,11-16,19H,6,10,17-18H2,1-5H3,(H,32,35). The molecule has 0 saturated heterocycles. The van der Waals surface area contributed by atoms with Gasteiger partial charge in [0, 0.05) is 17.2 Å². The summed E-state index contributed by atoms with van der Waals surface area (Å²) in [7, 11) is 1.66. The maximum Gasteiger partial charge on any atom is 0.408 e. The number of alkyl carbamates (subject to hydrolysis) is 1. The number of benzene rings is 2. The number of rotatable bonds is 6. The average Bonchev–Trinajstić information content (AvgIpc) is 3.24. The van der Waals surface area contributed by atoms with Gasteiger partial charge in [-0.1, -0.05) is 61.5 Å². The molecule has 5 rings (SSSR count). The van der Waals surface area contributed by atoms with Crippen LogP contribution in [0.3, 0.4) is 0 Å². The van der Waals surface area contributed by atoms with Crippen LogP contribution in [-0.2, 0) is 16.7 Å². The first-order chi connectivity index (χ1) is 17.7. The molecule has 1 aliphatic carbocycles. The molecule has 1 saturated carbocycles. The van der Waals surface area contributed by atoms with Crippen molar-refractivity contribution >= 4 is 11.7 Å². The second-order valence-electron chi connectivity index (χ2n) is 10.6. The summed E-state index contributed by atoms with van der Waals surface area (Å²) in [5, 5.41) is 8.02. The van der Waals surface area contributed by atoms with E-state index in [0.717, 1.165) is 59.5 Å². The van der Waals surface area contributed by atoms with Gasteiger partial charge < -0.3 is 14.8 Å². The third-order valence-corrected chi connectivity index (χ3v) is 6.89. The number of hydrogen-bond acceptors (Lipinski definition) is 5. The van der Waals surface area contributed by atoms with Crippen molar-refractivity contribution in [2.75, 3.05) is 7.11 Å². The SMILES string of the molecule is CCc1cc(OC)c2nc(-c3ccc(C4(NC(=O)OC(C)(C)C)CCC4)cc3)c(-c3ccccc3)n2n1. The Kier molecular flexibility index (Phi) is 6.40. The van der Waals surface area contributed by atoms with Crippen molar-refractivity contribution in [2.24, 2.45) is 0 Å². The minimum atomic E-state index is -0.539. The first-order valence-electron chi connectivity index (χ1n) is 12.9. The van der Waals surface area contributed by atoms with Crippen LogP contribution in [0.15, 0.2) is 60.7 Å². The molecular formula is C30H34N4O3. The zero-order chi connectivity index (χ0) is 26.2. The van der Waals surface area contributed by atoms with Gasteiger partial charge in [-0.2, -0.15) is 5.10 Å². The zero-order valence-corrected chi connectivity index (χ0v) is 22.2. The van der Waals surface area contributed by atoms with Crippen LogP contribution in [0.5, 0.6) is 5.75 Å². The van der Waals surface area contributed by atoms with Crippen LogP contribution in [-0.4, -0.2) is 33.4 Å². The summed E-state index contributed by atoms with van der Waals surface area (Å²) >= 11 is 0. The van der Waals surface area contributed by atoms with E-state index in [1.165, 1.54) is 0 Å². The number of ether oxygens (including phenoxy) is 2. The molecule has 4 aromatic rings. The fourth-order valence-electron chi connectivity index (χ4n) is 4.88. The number of methoxy groups -OCH3 is 1. The first kappa shape index (κ1) is 24.8. The van der Waals surface area contributed by atoms with Gasteiger partial charge >= 0.3 is 6.09 Å². The monoisotopic (exact) mass is 498 g/mol. The highest BCUT2D eigenvalue weighted by atomic mass is 16.6. The lowest BCUT2D eigenvalue weighted by molar-refractivity contribution is 0.0377. The van der Waals surface area contributed by atoms with Crippen molar-refractivity contribution in [1.29, 1.82) is 0 Å². The molecule has 0 bridgehead atoms. The number of carbonyl (C=O) groups is 1. The number of nitrogens with one attached hydrogen (secondary N) is 1. The van der Waals surface area contributed by atoms with Gasteiger partial charge in [0.05, 0.1) is 24.0 Å². The van der Waals surface area contributed by atoms with Crippen molar-refractivity contribution in [3.63, 3.8) is 0 Å². The van der Waals surface area contributed by atoms with Crippen LogP contribution in [0.1, 0.15) is 58.2 Å². The molecule has 2 heterocycles. The molecule has 0 spiro atoms. The average molecular weight is 499 g/mol. The maximum atomic E-state index is 12.6. The molecule has 2 aromatic heterocycles. The van der Waals surface area contributed by atoms with Crippen LogP contribution >= 0.6 is 0 Å². The predicted molar refractivity (Wildman–Crippen MR) is 145 cm³/mol. The van der Waals surface area contributed by atoms with E-state index in [4.69, 9.17) is 19.6 Å². The predicted octanol–water partition coefficient (Wildman–Crippen LogP) is 6.54. The third kappa shape index (κ3) is 4.78. The highest BCUT2D eigenvalue weighted by molar-refractivity contribution is 5.83. The molecule has 0 radical (unpaired) electrons. The van der Waals surface area contributed by atoms with Crippen LogP contribution in [0, 0.1) is 0 Å². The second kappa shape index (κ2) is 9.54. The molecule has 0 unspecified atom stereocenters. The minimum Gasteiger partial charge on any atom is -0.493 e. The van der Waals surface area contributed by atoms with Crippen LogP contribution in [0.2, 0.25) is 0 Å². The number of carbonyl (C=O) groups excluding carboxylic acids is 1. The lowest BCUT2D eigenvalue weighted by Crippen LogP contribution is -2.52. The van der Waals surface area contributed by atoms with Gasteiger partial charge in [-0.05, 0) is 52.0 Å². The molecule has 7 nitrogen and oxygen atoms in total. The quantitative estimate of drug-likeness (QED) is 0.327. The van der Waals surface area contributed by atoms with Crippen molar-refractivity contribution in [1.82, 2.24) is 19.9 Å². The minimum absolute atomic E-state index is 0.382. The third-order valence-electron chi connectivity index (χ3n) is 6.89. The Morgan fingerprint density at radius 2 is 1.76 bits per heavy atom. The second-order valence-corrected chi connectivity index (χ2v) is 10.6. The lowest BCUT2D eigenvalue weighted by Gasteiger charge is -2.43. The van der Waals surface area contributed by atoms with Crippen LogP contribution in [0.25, 0.3) is 28.2 Å². The molecule has 1 aliphatic rings. The van der Waals surface area contributed by atoms with E-state index in [1.807, 2.05) is 49.6 Å². The smallest absolute Gasteiger partial charge is 0.408 e. The largest absolute Gasteiger partial charge is 0.493 e. The number of aromatic nitrogens is 3. The summed E-state index contributed by atoms with van der Waals surface area (Å²) < 4.78 is 13.1. The topological polar surface area (TPSA) is 77.8 Å². The molecule has 1 fully saturated rings. The van der Waals surface area contributed by atoms with E-state index in [2.05, 4.69) is 48.6 Å². The van der Waals surface area contributed by atoms with Gasteiger partial charge in [-0.25, -0.2) is 14.3 Å². The summed E-state index contributed by atoms with van der Waals surface area (Å²) in [6, 6.07) is 20.5. The van der Waals surface area contributed by atoms with Crippen molar-refractivity contribution in [3.05, 3.63) is 71.9 Å². The Bertz CT molecular complexity index is 1420. The van der Waals surface area contributed by atoms with Gasteiger partial charge in [0.15, 0.2) is 11.4 Å². The number of nitrogens with zero attached hydrogens (tertiary/aromatic N) is 3. The van der Waals surface area contributed by atoms with Crippen molar-refractivity contribution < 1.29 is 14.3 Å². The molecule has 1 amide bonds. The molecule has 7 heteroatoms. The van der Waals surface area contributed by atoms with Gasteiger partial charge in [-0.15, -0.1) is 0 Å². The molecule has 37 heavy (non-hydrogen) atoms. The van der Waals surface area contributed by atoms with E-state index in [0.29, 0.717) is 11.4 Å². The number of imidazole rings is 1. The molecule has 0 aliphatic heterocycles. The fourth-order valence-corrected chi connectivity index (χ4v) is 4.88. The lowest BCUT2D eigenvalue weighted by atomic mass is 9.71. The normalized spacial score (nSPS) is 14.7. The summed E-state index contributed by atoms with van der Waals surface area (Å²) in [6.07, 6.45) is 3.24. The Labute approximate surface area is 217 Å². The van der Waals surface area contributed by atoms with Crippen LogP contribution in [0.4, 0.5) is 4.79 Å². The number of amides is 1. The zero-order valence-electron chi connectivity index (χ0n) is 22.2. The summed E-state index contributed by atoms with van der Waals surface area (Å²) in [5.74, 6) is 0.696. The summed E-state index contributed by atoms with van der Waals surface area (Å²) in [5.41, 5.74) is 5.49. The summed E-state index contributed by atoms with van der Waals surface area (Å²) in [4.78, 5) is 17.6. The molecule has 2 aromatic carbocycles. The first-order valence-corrected chi connectivity index (χ1v) is 12.9. The fraction of sp³-hybridized carbons (Fsp3) is 0.367. The number of aryl methyl sites for hydroxylation is 1. The maximum absolute atomic E-state index is 12.6. The van der Waals surface area contributed by atoms with E-state index in [9.17, 15) is 4.79 Å². The molecular weight excluding hydrogens is 464 g/mol. The van der Waals surface area contributed by atoms with E-state index >= 15 is 0 Å². The van der Waals surface area contributed by atoms with Gasteiger partial charge in [0.25, 0.3) is 0 Å². The number of hydrogen-bond donors (Lipinski definition) is 1. The Morgan fingerprint density at radius 3 is 2.32 bits per heavy atom.